The Balaban J connectivity index is -0.0000000303. The molecule has 45 heavy (non-hydrogen) atoms. The van der Waals surface area contributed by atoms with Crippen molar-refractivity contribution in [3.8, 4) is 0 Å². The van der Waals surface area contributed by atoms with Crippen molar-refractivity contribution in [1.29, 1.82) is 0 Å². The number of aliphatic hydroxyl groups excluding tert-OH is 6. The molecule has 0 saturated carbocycles. The van der Waals surface area contributed by atoms with Crippen LogP contribution in [0, 0.1) is 0 Å². The lowest BCUT2D eigenvalue weighted by Gasteiger charge is -2.23. The average molecular weight is 787 g/mol. The Morgan fingerprint density at radius 2 is 0.533 bits per heavy atom. The summed E-state index contributed by atoms with van der Waals surface area (Å²) in [5.74, 6) is 2.74. The van der Waals surface area contributed by atoms with E-state index < -0.39 is 25.7 Å². The molecule has 0 atom stereocenters. The summed E-state index contributed by atoms with van der Waals surface area (Å²) in [7, 11) is 10.4. The van der Waals surface area contributed by atoms with E-state index in [1.54, 1.807) is 42.7 Å². The van der Waals surface area contributed by atoms with E-state index in [4.69, 9.17) is 57.2 Å². The number of hydrogen-bond acceptors (Lipinski definition) is 15. The van der Waals surface area contributed by atoms with Crippen LogP contribution in [0.25, 0.3) is 0 Å². The first-order chi connectivity index (χ1) is 20.0. The number of aliphatic hydroxyl groups is 6. The topological polar surface area (TPSA) is 271 Å². The molecule has 0 rings (SSSR count). The SMILES string of the molecule is CO.CO.CO.CO.CO.CO.CO[Si](CCCS)(OC)OC.CO[Si](CCCS)(OC)OC.C[Si](C)(C)CCCS.O.O.O. The first kappa shape index (κ1) is 80.6. The molecule has 0 radical (unpaired) electrons. The maximum atomic E-state index is 7.00. The van der Waals surface area contributed by atoms with Gasteiger partial charge in [0.05, 0.1) is 0 Å². The van der Waals surface area contributed by atoms with Crippen molar-refractivity contribution in [3.63, 3.8) is 0 Å². The van der Waals surface area contributed by atoms with Gasteiger partial charge in [0, 0.05) is 105 Å². The molecule has 0 unspecified atom stereocenters. The Labute approximate surface area is 295 Å². The van der Waals surface area contributed by atoms with Crippen LogP contribution in [0.15, 0.2) is 0 Å². The van der Waals surface area contributed by atoms with Crippen molar-refractivity contribution in [2.24, 2.45) is 0 Å². The highest BCUT2D eigenvalue weighted by Gasteiger charge is 2.37. The summed E-state index contributed by atoms with van der Waals surface area (Å²) in [4.78, 5) is 0. The van der Waals surface area contributed by atoms with Gasteiger partial charge >= 0.3 is 17.6 Å². The smallest absolute Gasteiger partial charge is 0.412 e. The van der Waals surface area contributed by atoms with E-state index in [1.807, 2.05) is 0 Å². The van der Waals surface area contributed by atoms with E-state index in [2.05, 4.69) is 57.5 Å². The van der Waals surface area contributed by atoms with Crippen LogP contribution in [0.5, 0.6) is 0 Å². The third-order valence-corrected chi connectivity index (χ3v) is 12.7. The van der Waals surface area contributed by atoms with Crippen LogP contribution in [-0.4, -0.2) is 175 Å². The summed E-state index contributed by atoms with van der Waals surface area (Å²) in [5, 5.41) is 42.0. The fraction of sp³-hybridized carbons (Fsp3) is 1.00. The Hall–Kier alpha value is 1.10. The van der Waals surface area contributed by atoms with Gasteiger partial charge in [-0.15, -0.1) is 0 Å². The lowest BCUT2D eigenvalue weighted by atomic mass is 10.6. The standard InChI is InChI=1S/2C6H16O3SSi.C6H16SSi.6CH4O.3H2O/c2*1-7-11(8-2,9-3)6-4-5-10;1-8(2,3)6-4-5-7;6*1-2;;;/h2*10H,4-6H2,1-3H3;7H,4-6H2,1-3H3;6*2H,1H3;3*1H2. The Morgan fingerprint density at radius 1 is 0.378 bits per heavy atom. The maximum absolute atomic E-state index is 7.00. The highest BCUT2D eigenvalue weighted by Crippen LogP contribution is 2.15. The second-order valence-corrected chi connectivity index (χ2v) is 20.8. The van der Waals surface area contributed by atoms with Crippen LogP contribution in [0.1, 0.15) is 19.3 Å². The third kappa shape index (κ3) is 72.0. The molecule has 0 heterocycles. The summed E-state index contributed by atoms with van der Waals surface area (Å²) in [6.45, 7) is 7.20. The van der Waals surface area contributed by atoms with Gasteiger partial charge in [-0.2, -0.15) is 37.9 Å². The molecule has 0 aliphatic heterocycles. The van der Waals surface area contributed by atoms with E-state index in [9.17, 15) is 0 Å². The molecule has 0 saturated heterocycles. The highest BCUT2D eigenvalue weighted by molar-refractivity contribution is 7.80. The van der Waals surface area contributed by atoms with Crippen LogP contribution in [0.2, 0.25) is 37.8 Å². The first-order valence-electron chi connectivity index (χ1n) is 12.9. The third-order valence-electron chi connectivity index (χ3n) is 4.23. The van der Waals surface area contributed by atoms with Gasteiger partial charge in [0.2, 0.25) is 0 Å². The van der Waals surface area contributed by atoms with Crippen molar-refractivity contribution in [3.05, 3.63) is 0 Å². The minimum absolute atomic E-state index is 0. The lowest BCUT2D eigenvalue weighted by Crippen LogP contribution is -2.42. The van der Waals surface area contributed by atoms with Gasteiger partial charge in [0.25, 0.3) is 0 Å². The molecule has 0 amide bonds. The number of thiol groups is 3. The summed E-state index contributed by atoms with van der Waals surface area (Å²) >= 11 is 12.4. The van der Waals surface area contributed by atoms with Crippen molar-refractivity contribution >= 4 is 63.6 Å². The van der Waals surface area contributed by atoms with Gasteiger partial charge in [-0.3, -0.25) is 0 Å². The van der Waals surface area contributed by atoms with E-state index in [0.717, 1.165) is 84.8 Å². The molecular formula is C24H78O15S3Si3. The minimum Gasteiger partial charge on any atom is -0.412 e. The van der Waals surface area contributed by atoms with Gasteiger partial charge in [-0.25, -0.2) is 0 Å². The van der Waals surface area contributed by atoms with Crippen molar-refractivity contribution < 1.29 is 73.6 Å². The summed E-state index contributed by atoms with van der Waals surface area (Å²) in [6, 6.07) is 3.09. The Morgan fingerprint density at radius 3 is 0.622 bits per heavy atom. The van der Waals surface area contributed by atoms with Crippen molar-refractivity contribution in [2.75, 3.05) is 103 Å². The van der Waals surface area contributed by atoms with Gasteiger partial charge in [0.15, 0.2) is 0 Å². The fourth-order valence-corrected chi connectivity index (χ4v) is 8.36. The second kappa shape index (κ2) is 75.4. The molecular weight excluding hydrogens is 709 g/mol. The zero-order valence-electron chi connectivity index (χ0n) is 30.8. The van der Waals surface area contributed by atoms with Crippen LogP contribution < -0.4 is 0 Å². The molecule has 0 fully saturated rings. The fourth-order valence-electron chi connectivity index (χ4n) is 2.31. The molecule has 0 aromatic rings. The minimum atomic E-state index is -2.29. The predicted octanol–water partition coefficient (Wildman–Crippen LogP) is 0.190. The van der Waals surface area contributed by atoms with Crippen molar-refractivity contribution in [2.45, 2.75) is 57.0 Å². The Kier molecular flexibility index (Phi) is 135. The quantitative estimate of drug-likeness (QED) is 0.0796. The predicted molar refractivity (Wildman–Crippen MR) is 206 cm³/mol. The number of rotatable bonds is 15. The lowest BCUT2D eigenvalue weighted by molar-refractivity contribution is 0.123. The first-order valence-corrected chi connectivity index (χ1v) is 22.3. The molecule has 0 aromatic carbocycles. The van der Waals surface area contributed by atoms with Crippen molar-refractivity contribution in [1.82, 2.24) is 0 Å². The van der Waals surface area contributed by atoms with Crippen LogP contribution in [0.4, 0.5) is 0 Å². The van der Waals surface area contributed by atoms with E-state index in [0.29, 0.717) is 0 Å². The monoisotopic (exact) mass is 786 g/mol. The summed E-state index contributed by atoms with van der Waals surface area (Å²) in [6.07, 6.45) is 3.23. The second-order valence-electron chi connectivity index (χ2n) is 7.63. The molecule has 0 aromatic heterocycles. The molecule has 294 valence electrons. The largest absolute Gasteiger partial charge is 0.500 e. The van der Waals surface area contributed by atoms with E-state index in [-0.39, 0.29) is 16.4 Å². The Bertz CT molecular complexity index is 340. The zero-order valence-corrected chi connectivity index (χ0v) is 36.5. The van der Waals surface area contributed by atoms with Crippen LogP contribution >= 0.6 is 37.9 Å². The van der Waals surface area contributed by atoms with Gasteiger partial charge in [-0.05, 0) is 36.5 Å². The molecule has 15 nitrogen and oxygen atoms in total. The summed E-state index contributed by atoms with van der Waals surface area (Å²) in [5.41, 5.74) is 0. The molecule has 0 aliphatic rings. The molecule has 0 aliphatic carbocycles. The highest BCUT2D eigenvalue weighted by atomic mass is 32.1. The van der Waals surface area contributed by atoms with Gasteiger partial charge in [-0.1, -0.05) is 25.7 Å². The maximum Gasteiger partial charge on any atom is 0.500 e. The molecule has 0 bridgehead atoms. The van der Waals surface area contributed by atoms with Gasteiger partial charge < -0.3 is 73.6 Å². The average Bonchev–Trinajstić information content (AvgIpc) is 3.08. The normalized spacial score (nSPS) is 8.80. The van der Waals surface area contributed by atoms with E-state index >= 15 is 0 Å². The van der Waals surface area contributed by atoms with Gasteiger partial charge in [0.1, 0.15) is 0 Å². The van der Waals surface area contributed by atoms with Crippen LogP contribution in [-0.2, 0) is 26.6 Å². The molecule has 12 N–H and O–H groups in total. The number of hydrogen-bond donors (Lipinski definition) is 9. The summed E-state index contributed by atoms with van der Waals surface area (Å²) < 4.78 is 31.2. The molecule has 21 heteroatoms. The van der Waals surface area contributed by atoms with E-state index in [1.165, 1.54) is 12.5 Å². The van der Waals surface area contributed by atoms with Crippen LogP contribution in [0.3, 0.4) is 0 Å². The zero-order chi connectivity index (χ0) is 36.1. The molecule has 0 spiro atoms.